The van der Waals surface area contributed by atoms with Crippen LogP contribution < -0.4 is 5.73 Å². The van der Waals surface area contributed by atoms with Gasteiger partial charge in [-0.05, 0) is 56.5 Å². The Balaban J connectivity index is 3.09. The number of aryl methyl sites for hydroxylation is 1. The predicted octanol–water partition coefficient (Wildman–Crippen LogP) is 2.58. The average Bonchev–Trinajstić information content (AvgIpc) is 2.16. The Morgan fingerprint density at radius 3 is 2.56 bits per heavy atom. The van der Waals surface area contributed by atoms with Crippen LogP contribution in [0.15, 0.2) is 18.2 Å². The molecule has 0 bridgehead atoms. The molecule has 0 fully saturated rings. The summed E-state index contributed by atoms with van der Waals surface area (Å²) in [6.07, 6.45) is -0.107. The molecule has 1 aromatic rings. The third kappa shape index (κ3) is 3.03. The van der Waals surface area contributed by atoms with Crippen molar-refractivity contribution in [3.63, 3.8) is 0 Å². The van der Waals surface area contributed by atoms with E-state index in [1.165, 1.54) is 13.8 Å². The lowest BCUT2D eigenvalue weighted by molar-refractivity contribution is 0.168. The largest absolute Gasteiger partial charge is 0.388 e. The molecule has 0 saturated heterocycles. The summed E-state index contributed by atoms with van der Waals surface area (Å²) < 4.78 is 13.8. The first kappa shape index (κ1) is 13.1. The van der Waals surface area contributed by atoms with Crippen LogP contribution in [0.4, 0.5) is 4.39 Å². The number of benzene rings is 1. The highest BCUT2D eigenvalue weighted by molar-refractivity contribution is 5.35. The quantitative estimate of drug-likeness (QED) is 0.827. The first-order valence-corrected chi connectivity index (χ1v) is 5.54. The van der Waals surface area contributed by atoms with Gasteiger partial charge >= 0.3 is 0 Å². The molecule has 1 rings (SSSR count). The molecule has 0 heterocycles. The summed E-state index contributed by atoms with van der Waals surface area (Å²) >= 11 is 0. The average molecular weight is 225 g/mol. The number of rotatable bonds is 4. The van der Waals surface area contributed by atoms with E-state index in [9.17, 15) is 9.50 Å². The van der Waals surface area contributed by atoms with Crippen LogP contribution in [0, 0.1) is 6.92 Å². The van der Waals surface area contributed by atoms with Gasteiger partial charge in [-0.25, -0.2) is 4.39 Å². The van der Waals surface area contributed by atoms with E-state index in [0.29, 0.717) is 18.5 Å². The summed E-state index contributed by atoms with van der Waals surface area (Å²) in [7, 11) is 0. The van der Waals surface area contributed by atoms with Gasteiger partial charge in [-0.15, -0.1) is 0 Å². The Morgan fingerprint density at radius 1 is 1.44 bits per heavy atom. The van der Waals surface area contributed by atoms with E-state index in [4.69, 9.17) is 5.73 Å². The fourth-order valence-electron chi connectivity index (χ4n) is 1.68. The van der Waals surface area contributed by atoms with E-state index in [-0.39, 0.29) is 0 Å². The van der Waals surface area contributed by atoms with E-state index < -0.39 is 11.8 Å². The van der Waals surface area contributed by atoms with Crippen LogP contribution in [0.25, 0.3) is 0 Å². The standard InChI is InChI=1S/C13H20FNO/c1-9-4-5-10(13(2,3)14)8-11(9)12(16)6-7-15/h4-5,8,12,16H,6-7,15H2,1-3H3. The van der Waals surface area contributed by atoms with E-state index in [1.807, 2.05) is 13.0 Å². The van der Waals surface area contributed by atoms with Crippen molar-refractivity contribution in [2.45, 2.75) is 39.0 Å². The summed E-state index contributed by atoms with van der Waals surface area (Å²) in [6.45, 7) is 5.35. The number of nitrogens with two attached hydrogens (primary N) is 1. The van der Waals surface area contributed by atoms with Crippen LogP contribution in [0.5, 0.6) is 0 Å². The van der Waals surface area contributed by atoms with Gasteiger partial charge in [0.05, 0.1) is 6.10 Å². The first-order chi connectivity index (χ1) is 7.36. The molecule has 90 valence electrons. The maximum absolute atomic E-state index is 13.8. The van der Waals surface area contributed by atoms with E-state index in [2.05, 4.69) is 0 Å². The molecule has 0 aliphatic heterocycles. The fourth-order valence-corrected chi connectivity index (χ4v) is 1.68. The zero-order valence-electron chi connectivity index (χ0n) is 10.1. The number of hydrogen-bond donors (Lipinski definition) is 2. The molecule has 0 radical (unpaired) electrons. The van der Waals surface area contributed by atoms with Gasteiger partial charge in [0.1, 0.15) is 5.67 Å². The van der Waals surface area contributed by atoms with Gasteiger partial charge in [-0.2, -0.15) is 0 Å². The molecule has 0 aliphatic carbocycles. The second-order valence-corrected chi connectivity index (χ2v) is 4.64. The maximum atomic E-state index is 13.8. The van der Waals surface area contributed by atoms with Gasteiger partial charge in [0.25, 0.3) is 0 Å². The molecular weight excluding hydrogens is 205 g/mol. The number of aliphatic hydroxyl groups is 1. The van der Waals surface area contributed by atoms with Crippen molar-refractivity contribution in [1.29, 1.82) is 0 Å². The lowest BCUT2D eigenvalue weighted by Gasteiger charge is -2.19. The molecule has 2 nitrogen and oxygen atoms in total. The summed E-state index contributed by atoms with van der Waals surface area (Å²) in [5, 5.41) is 9.89. The minimum absolute atomic E-state index is 0.420. The van der Waals surface area contributed by atoms with Crippen LogP contribution in [0.3, 0.4) is 0 Å². The number of aliphatic hydroxyl groups excluding tert-OH is 1. The monoisotopic (exact) mass is 225 g/mol. The predicted molar refractivity (Wildman–Crippen MR) is 63.9 cm³/mol. The summed E-state index contributed by atoms with van der Waals surface area (Å²) in [5.74, 6) is 0. The third-order valence-electron chi connectivity index (χ3n) is 2.76. The Morgan fingerprint density at radius 2 is 2.06 bits per heavy atom. The SMILES string of the molecule is Cc1ccc(C(C)(C)F)cc1C(O)CCN. The lowest BCUT2D eigenvalue weighted by atomic mass is 9.92. The highest BCUT2D eigenvalue weighted by Gasteiger charge is 2.20. The van der Waals surface area contributed by atoms with Crippen molar-refractivity contribution in [2.75, 3.05) is 6.54 Å². The fraction of sp³-hybridized carbons (Fsp3) is 0.538. The van der Waals surface area contributed by atoms with Gasteiger partial charge in [0.2, 0.25) is 0 Å². The molecule has 3 heteroatoms. The van der Waals surface area contributed by atoms with Gasteiger partial charge < -0.3 is 10.8 Å². The molecule has 1 atom stereocenters. The highest BCUT2D eigenvalue weighted by Crippen LogP contribution is 2.29. The molecule has 0 spiro atoms. The number of hydrogen-bond acceptors (Lipinski definition) is 2. The van der Waals surface area contributed by atoms with Crippen molar-refractivity contribution in [2.24, 2.45) is 5.73 Å². The first-order valence-electron chi connectivity index (χ1n) is 5.54. The van der Waals surface area contributed by atoms with Crippen LogP contribution in [-0.4, -0.2) is 11.7 Å². The zero-order valence-corrected chi connectivity index (χ0v) is 10.1. The van der Waals surface area contributed by atoms with Crippen LogP contribution in [-0.2, 0) is 5.67 Å². The molecule has 3 N–H and O–H groups in total. The highest BCUT2D eigenvalue weighted by atomic mass is 19.1. The Labute approximate surface area is 96.3 Å². The normalized spacial score (nSPS) is 13.9. The maximum Gasteiger partial charge on any atom is 0.130 e. The van der Waals surface area contributed by atoms with Gasteiger partial charge in [0.15, 0.2) is 0 Å². The molecule has 0 aliphatic rings. The molecule has 16 heavy (non-hydrogen) atoms. The minimum atomic E-state index is -1.38. The Kier molecular flexibility index (Phi) is 4.05. The lowest BCUT2D eigenvalue weighted by Crippen LogP contribution is -2.12. The molecule has 0 saturated carbocycles. The molecule has 1 aromatic carbocycles. The number of alkyl halides is 1. The summed E-state index contributed by atoms with van der Waals surface area (Å²) in [5.41, 5.74) is 6.35. The zero-order chi connectivity index (χ0) is 12.3. The summed E-state index contributed by atoms with van der Waals surface area (Å²) in [6, 6.07) is 5.33. The van der Waals surface area contributed by atoms with Crippen LogP contribution >= 0.6 is 0 Å². The number of halogens is 1. The van der Waals surface area contributed by atoms with Gasteiger partial charge in [-0.1, -0.05) is 12.1 Å². The van der Waals surface area contributed by atoms with Crippen molar-refractivity contribution in [3.8, 4) is 0 Å². The Bertz CT molecular complexity index is 357. The van der Waals surface area contributed by atoms with Crippen molar-refractivity contribution in [3.05, 3.63) is 34.9 Å². The van der Waals surface area contributed by atoms with Crippen LogP contribution in [0.2, 0.25) is 0 Å². The molecular formula is C13H20FNO. The Hall–Kier alpha value is -0.930. The van der Waals surface area contributed by atoms with Crippen molar-refractivity contribution >= 4 is 0 Å². The molecule has 0 amide bonds. The van der Waals surface area contributed by atoms with Crippen molar-refractivity contribution < 1.29 is 9.50 Å². The van der Waals surface area contributed by atoms with E-state index in [0.717, 1.165) is 11.1 Å². The smallest absolute Gasteiger partial charge is 0.130 e. The van der Waals surface area contributed by atoms with Gasteiger partial charge in [-0.3, -0.25) is 0 Å². The van der Waals surface area contributed by atoms with Crippen LogP contribution in [0.1, 0.15) is 43.1 Å². The van der Waals surface area contributed by atoms with E-state index in [1.54, 1.807) is 12.1 Å². The third-order valence-corrected chi connectivity index (χ3v) is 2.76. The second-order valence-electron chi connectivity index (χ2n) is 4.64. The second kappa shape index (κ2) is 4.93. The van der Waals surface area contributed by atoms with Gasteiger partial charge in [0, 0.05) is 0 Å². The van der Waals surface area contributed by atoms with Crippen molar-refractivity contribution in [1.82, 2.24) is 0 Å². The summed E-state index contributed by atoms with van der Waals surface area (Å²) in [4.78, 5) is 0. The topological polar surface area (TPSA) is 46.2 Å². The minimum Gasteiger partial charge on any atom is -0.388 e. The van der Waals surface area contributed by atoms with E-state index >= 15 is 0 Å². The molecule has 0 aromatic heterocycles. The molecule has 1 unspecified atom stereocenters.